The van der Waals surface area contributed by atoms with Crippen molar-refractivity contribution in [1.29, 1.82) is 0 Å². The molecule has 29 heavy (non-hydrogen) atoms. The highest BCUT2D eigenvalue weighted by Gasteiger charge is 2.17. The maximum atomic E-state index is 12.4. The topological polar surface area (TPSA) is 120 Å². The van der Waals surface area contributed by atoms with Crippen molar-refractivity contribution in [3.63, 3.8) is 0 Å². The molecule has 0 aliphatic carbocycles. The summed E-state index contributed by atoms with van der Waals surface area (Å²) in [5, 5.41) is 16.1. The lowest BCUT2D eigenvalue weighted by molar-refractivity contribution is -0.384. The van der Waals surface area contributed by atoms with Crippen LogP contribution in [0, 0.1) is 10.1 Å². The molecule has 4 aromatic rings. The number of amides is 1. The van der Waals surface area contributed by atoms with Crippen molar-refractivity contribution in [2.45, 2.75) is 6.54 Å². The van der Waals surface area contributed by atoms with Gasteiger partial charge in [-0.3, -0.25) is 19.5 Å². The van der Waals surface area contributed by atoms with Crippen LogP contribution in [0.5, 0.6) is 0 Å². The number of hydrogen-bond donors (Lipinski definition) is 1. The average molecular weight is 431 g/mol. The third-order valence-electron chi connectivity index (χ3n) is 4.06. The number of hydrogen-bond acceptors (Lipinski definition) is 7. The molecule has 1 N–H and O–H groups in total. The molecule has 9 nitrogen and oxygen atoms in total. The largest absolute Gasteiger partial charge is 0.420 e. The Labute approximate surface area is 171 Å². The number of carbonyl (C=O) groups is 1. The Morgan fingerprint density at radius 2 is 2.10 bits per heavy atom. The van der Waals surface area contributed by atoms with E-state index in [1.165, 1.54) is 23.5 Å². The molecule has 0 aliphatic rings. The summed E-state index contributed by atoms with van der Waals surface area (Å²) in [7, 11) is 0. The van der Waals surface area contributed by atoms with Gasteiger partial charge in [-0.25, -0.2) is 9.78 Å². The number of nitrogens with zero attached hydrogens (tertiary/aromatic N) is 3. The van der Waals surface area contributed by atoms with Crippen LogP contribution >= 0.6 is 22.9 Å². The fourth-order valence-corrected chi connectivity index (χ4v) is 3.70. The molecule has 0 unspecified atom stereocenters. The van der Waals surface area contributed by atoms with Crippen molar-refractivity contribution < 1.29 is 14.1 Å². The summed E-state index contributed by atoms with van der Waals surface area (Å²) in [5.74, 6) is -1.28. The molecule has 0 spiro atoms. The van der Waals surface area contributed by atoms with E-state index in [-0.39, 0.29) is 23.3 Å². The smallest absolute Gasteiger partial charge is 0.407 e. The van der Waals surface area contributed by atoms with Gasteiger partial charge in [0.05, 0.1) is 22.2 Å². The third-order valence-corrected chi connectivity index (χ3v) is 5.15. The third kappa shape index (κ3) is 3.75. The lowest BCUT2D eigenvalue weighted by atomic mass is 10.2. The number of rotatable bonds is 5. The summed E-state index contributed by atoms with van der Waals surface area (Å²) in [4.78, 5) is 39.0. The van der Waals surface area contributed by atoms with Gasteiger partial charge in [-0.05, 0) is 12.1 Å². The molecule has 2 heterocycles. The van der Waals surface area contributed by atoms with Crippen LogP contribution in [-0.2, 0) is 11.3 Å². The van der Waals surface area contributed by atoms with Crippen LogP contribution in [-0.4, -0.2) is 20.4 Å². The molecular formula is C18H11ClN4O5S. The molecule has 0 bridgehead atoms. The van der Waals surface area contributed by atoms with Gasteiger partial charge < -0.3 is 9.73 Å². The Bertz CT molecular complexity index is 1310. The predicted octanol–water partition coefficient (Wildman–Crippen LogP) is 3.92. The molecule has 11 heteroatoms. The SMILES string of the molecule is O=C(Cn1c(=O)oc2cc([N+](=O)[O-])ccc21)Nc1nc(-c2ccccc2Cl)cs1. The highest BCUT2D eigenvalue weighted by molar-refractivity contribution is 7.14. The molecule has 146 valence electrons. The zero-order valence-corrected chi connectivity index (χ0v) is 16.1. The summed E-state index contributed by atoms with van der Waals surface area (Å²) in [6.07, 6.45) is 0. The van der Waals surface area contributed by atoms with Gasteiger partial charge in [-0.2, -0.15) is 0 Å². The van der Waals surface area contributed by atoms with Gasteiger partial charge in [0.2, 0.25) is 5.91 Å². The van der Waals surface area contributed by atoms with Crippen molar-refractivity contribution in [3.05, 3.63) is 73.5 Å². The summed E-state index contributed by atoms with van der Waals surface area (Å²) < 4.78 is 6.11. The molecular weight excluding hydrogens is 420 g/mol. The fraction of sp³-hybridized carbons (Fsp3) is 0.0556. The van der Waals surface area contributed by atoms with Gasteiger partial charge in [0.25, 0.3) is 5.69 Å². The number of thiazole rings is 1. The first-order valence-electron chi connectivity index (χ1n) is 8.20. The summed E-state index contributed by atoms with van der Waals surface area (Å²) in [6.45, 7) is -0.329. The Morgan fingerprint density at radius 1 is 1.31 bits per heavy atom. The second kappa shape index (κ2) is 7.49. The van der Waals surface area contributed by atoms with Crippen molar-refractivity contribution in [1.82, 2.24) is 9.55 Å². The van der Waals surface area contributed by atoms with Crippen molar-refractivity contribution in [3.8, 4) is 11.3 Å². The molecule has 0 fully saturated rings. The number of halogens is 1. The first-order chi connectivity index (χ1) is 13.9. The number of oxazole rings is 1. The molecule has 2 aromatic heterocycles. The van der Waals surface area contributed by atoms with E-state index in [1.807, 2.05) is 18.2 Å². The average Bonchev–Trinajstić information content (AvgIpc) is 3.26. The van der Waals surface area contributed by atoms with E-state index < -0.39 is 16.6 Å². The predicted molar refractivity (Wildman–Crippen MR) is 108 cm³/mol. The zero-order valence-electron chi connectivity index (χ0n) is 14.5. The minimum atomic E-state index is -0.786. The van der Waals surface area contributed by atoms with Crippen molar-refractivity contribution >= 4 is 50.8 Å². The van der Waals surface area contributed by atoms with Crippen LogP contribution in [0.3, 0.4) is 0 Å². The van der Waals surface area contributed by atoms with E-state index in [2.05, 4.69) is 10.3 Å². The highest BCUT2D eigenvalue weighted by atomic mass is 35.5. The summed E-state index contributed by atoms with van der Waals surface area (Å²) in [6, 6.07) is 10.9. The highest BCUT2D eigenvalue weighted by Crippen LogP contribution is 2.30. The van der Waals surface area contributed by atoms with Gasteiger partial charge in [0, 0.05) is 22.0 Å². The van der Waals surface area contributed by atoms with E-state index in [0.717, 1.165) is 16.2 Å². The Balaban J connectivity index is 1.54. The van der Waals surface area contributed by atoms with E-state index in [4.69, 9.17) is 16.0 Å². The van der Waals surface area contributed by atoms with Crippen LogP contribution in [0.25, 0.3) is 22.4 Å². The van der Waals surface area contributed by atoms with Crippen LogP contribution in [0.2, 0.25) is 5.02 Å². The summed E-state index contributed by atoms with van der Waals surface area (Å²) >= 11 is 7.38. The van der Waals surface area contributed by atoms with E-state index in [9.17, 15) is 19.7 Å². The molecule has 0 saturated heterocycles. The van der Waals surface area contributed by atoms with Crippen LogP contribution < -0.4 is 11.1 Å². The number of nitro benzene ring substituents is 1. The molecule has 0 atom stereocenters. The number of fused-ring (bicyclic) bond motifs is 1. The number of carbonyl (C=O) groups excluding carboxylic acids is 1. The standard InChI is InChI=1S/C18H11ClN4O5S/c19-12-4-2-1-3-11(12)13-9-29-17(20-13)21-16(24)8-22-14-6-5-10(23(26)27)7-15(14)28-18(22)25/h1-7,9H,8H2,(H,20,21,24). The molecule has 0 radical (unpaired) electrons. The Morgan fingerprint density at radius 3 is 2.86 bits per heavy atom. The molecule has 0 aliphatic heterocycles. The second-order valence-electron chi connectivity index (χ2n) is 5.93. The summed E-state index contributed by atoms with van der Waals surface area (Å²) in [5.41, 5.74) is 1.47. The Hall–Kier alpha value is -3.50. The number of nitro groups is 1. The second-order valence-corrected chi connectivity index (χ2v) is 7.19. The monoisotopic (exact) mass is 430 g/mol. The number of non-ortho nitro benzene ring substituents is 1. The normalized spacial score (nSPS) is 10.9. The fourth-order valence-electron chi connectivity index (χ4n) is 2.74. The molecule has 2 aromatic carbocycles. The number of anilines is 1. The Kier molecular flexibility index (Phi) is 4.87. The zero-order chi connectivity index (χ0) is 20.5. The van der Waals surface area contributed by atoms with E-state index in [1.54, 1.807) is 11.4 Å². The quantitative estimate of drug-likeness (QED) is 0.378. The lowest BCUT2D eigenvalue weighted by Gasteiger charge is -2.03. The first-order valence-corrected chi connectivity index (χ1v) is 9.46. The van der Waals surface area contributed by atoms with Crippen LogP contribution in [0.15, 0.2) is 57.1 Å². The van der Waals surface area contributed by atoms with Crippen molar-refractivity contribution in [2.75, 3.05) is 5.32 Å². The number of benzene rings is 2. The van der Waals surface area contributed by atoms with Gasteiger partial charge in [-0.15, -0.1) is 11.3 Å². The maximum Gasteiger partial charge on any atom is 0.420 e. The van der Waals surface area contributed by atoms with Gasteiger partial charge in [0.1, 0.15) is 6.54 Å². The minimum absolute atomic E-state index is 0.0345. The first kappa shape index (κ1) is 18.8. The lowest BCUT2D eigenvalue weighted by Crippen LogP contribution is -2.24. The maximum absolute atomic E-state index is 12.4. The van der Waals surface area contributed by atoms with Crippen LogP contribution in [0.4, 0.5) is 10.8 Å². The van der Waals surface area contributed by atoms with Crippen molar-refractivity contribution in [2.24, 2.45) is 0 Å². The van der Waals surface area contributed by atoms with Crippen LogP contribution in [0.1, 0.15) is 0 Å². The molecule has 0 saturated carbocycles. The van der Waals surface area contributed by atoms with Gasteiger partial charge in [-0.1, -0.05) is 29.8 Å². The van der Waals surface area contributed by atoms with E-state index in [0.29, 0.717) is 15.8 Å². The number of aromatic nitrogens is 2. The van der Waals surface area contributed by atoms with E-state index >= 15 is 0 Å². The van der Waals surface area contributed by atoms with Gasteiger partial charge in [0.15, 0.2) is 10.7 Å². The van der Waals surface area contributed by atoms with Gasteiger partial charge >= 0.3 is 5.76 Å². The minimum Gasteiger partial charge on any atom is -0.407 e. The number of nitrogens with one attached hydrogen (secondary N) is 1. The molecule has 4 rings (SSSR count). The molecule has 1 amide bonds.